The number of benzene rings is 3. The summed E-state index contributed by atoms with van der Waals surface area (Å²) in [4.78, 5) is 12.3. The first-order valence-electron chi connectivity index (χ1n) is 10.4. The summed E-state index contributed by atoms with van der Waals surface area (Å²) in [5.41, 5.74) is 1.01. The molecule has 2 N–H and O–H groups in total. The molecule has 3 aromatic carbocycles. The maximum atomic E-state index is 13.2. The van der Waals surface area contributed by atoms with Crippen LogP contribution in [-0.2, 0) is 24.8 Å². The Hall–Kier alpha value is -3.15. The SMILES string of the molecule is CS(=O)(=O)N(CCCC(=O)Nc1ccc(S(=O)(=O)Nc2cccc(Cl)c2)cc1)c1ccc(F)cc1. The Morgan fingerprint density at radius 3 is 2.20 bits per heavy atom. The fourth-order valence-corrected chi connectivity index (χ4v) is 5.39. The van der Waals surface area contributed by atoms with E-state index < -0.39 is 25.9 Å². The summed E-state index contributed by atoms with van der Waals surface area (Å²) in [5, 5.41) is 3.04. The van der Waals surface area contributed by atoms with Gasteiger partial charge in [0.05, 0.1) is 22.5 Å². The minimum atomic E-state index is -3.85. The fraction of sp³-hybridized carbons (Fsp3) is 0.174. The molecule has 1 amide bonds. The zero-order valence-corrected chi connectivity index (χ0v) is 21.0. The van der Waals surface area contributed by atoms with Crippen LogP contribution in [0, 0.1) is 5.82 Å². The van der Waals surface area contributed by atoms with E-state index in [2.05, 4.69) is 10.0 Å². The van der Waals surface area contributed by atoms with Gasteiger partial charge in [0.1, 0.15) is 5.82 Å². The van der Waals surface area contributed by atoms with Crippen molar-refractivity contribution in [1.82, 2.24) is 0 Å². The molecule has 0 aromatic heterocycles. The zero-order valence-electron chi connectivity index (χ0n) is 18.6. The quantitative estimate of drug-likeness (QED) is 0.395. The van der Waals surface area contributed by atoms with E-state index in [0.29, 0.717) is 22.1 Å². The largest absolute Gasteiger partial charge is 0.326 e. The molecule has 0 saturated heterocycles. The number of amides is 1. The first-order chi connectivity index (χ1) is 16.4. The maximum absolute atomic E-state index is 13.2. The molecule has 0 atom stereocenters. The highest BCUT2D eigenvalue weighted by molar-refractivity contribution is 7.92. The van der Waals surface area contributed by atoms with E-state index in [0.717, 1.165) is 22.7 Å². The second-order valence-electron chi connectivity index (χ2n) is 7.60. The van der Waals surface area contributed by atoms with Gasteiger partial charge in [-0.3, -0.25) is 13.8 Å². The van der Waals surface area contributed by atoms with Crippen LogP contribution in [0.1, 0.15) is 12.8 Å². The summed E-state index contributed by atoms with van der Waals surface area (Å²) in [7, 11) is -7.47. The molecular formula is C23H23ClFN3O5S2. The first-order valence-corrected chi connectivity index (χ1v) is 14.1. The molecule has 0 heterocycles. The molecule has 0 unspecified atom stereocenters. The van der Waals surface area contributed by atoms with Crippen LogP contribution in [0.25, 0.3) is 0 Å². The van der Waals surface area contributed by atoms with E-state index in [1.54, 1.807) is 18.2 Å². The van der Waals surface area contributed by atoms with Crippen LogP contribution in [0.3, 0.4) is 0 Å². The van der Waals surface area contributed by atoms with E-state index in [1.807, 2.05) is 0 Å². The molecule has 8 nitrogen and oxygen atoms in total. The summed E-state index contributed by atoms with van der Waals surface area (Å²) in [5.74, 6) is -0.856. The summed E-state index contributed by atoms with van der Waals surface area (Å²) < 4.78 is 66.0. The van der Waals surface area contributed by atoms with Crippen molar-refractivity contribution in [2.75, 3.05) is 27.1 Å². The lowest BCUT2D eigenvalue weighted by atomic mass is 10.2. The lowest BCUT2D eigenvalue weighted by molar-refractivity contribution is -0.116. The van der Waals surface area contributed by atoms with Crippen molar-refractivity contribution in [2.45, 2.75) is 17.7 Å². The predicted molar refractivity (Wildman–Crippen MR) is 135 cm³/mol. The fourth-order valence-electron chi connectivity index (χ4n) is 3.18. The third-order valence-electron chi connectivity index (χ3n) is 4.81. The van der Waals surface area contributed by atoms with Crippen molar-refractivity contribution in [3.8, 4) is 0 Å². The van der Waals surface area contributed by atoms with Crippen LogP contribution in [0.4, 0.5) is 21.5 Å². The molecule has 35 heavy (non-hydrogen) atoms. The number of carbonyl (C=O) groups excluding carboxylic acids is 1. The summed E-state index contributed by atoms with van der Waals surface area (Å²) >= 11 is 5.88. The lowest BCUT2D eigenvalue weighted by Crippen LogP contribution is -2.31. The smallest absolute Gasteiger partial charge is 0.261 e. The third-order valence-corrected chi connectivity index (χ3v) is 7.63. The molecule has 0 fully saturated rings. The molecule has 0 bridgehead atoms. The summed E-state index contributed by atoms with van der Waals surface area (Å²) in [6, 6.07) is 16.9. The lowest BCUT2D eigenvalue weighted by Gasteiger charge is -2.22. The molecule has 0 aliphatic heterocycles. The summed E-state index contributed by atoms with van der Waals surface area (Å²) in [6.45, 7) is 0.0320. The minimum Gasteiger partial charge on any atom is -0.326 e. The van der Waals surface area contributed by atoms with Crippen LogP contribution in [0.5, 0.6) is 0 Å². The number of sulfonamides is 2. The van der Waals surface area contributed by atoms with Gasteiger partial charge in [-0.2, -0.15) is 0 Å². The highest BCUT2D eigenvalue weighted by atomic mass is 35.5. The van der Waals surface area contributed by atoms with Crippen LogP contribution >= 0.6 is 11.6 Å². The average Bonchev–Trinajstić information content (AvgIpc) is 2.77. The number of hydrogen-bond acceptors (Lipinski definition) is 5. The third kappa shape index (κ3) is 7.67. The number of halogens is 2. The van der Waals surface area contributed by atoms with Crippen LogP contribution < -0.4 is 14.3 Å². The number of nitrogens with one attached hydrogen (secondary N) is 2. The second-order valence-corrected chi connectivity index (χ2v) is 11.6. The van der Waals surface area contributed by atoms with Crippen LogP contribution in [0.2, 0.25) is 5.02 Å². The number of carbonyl (C=O) groups is 1. The van der Waals surface area contributed by atoms with Gasteiger partial charge in [0.15, 0.2) is 0 Å². The molecule has 0 saturated carbocycles. The van der Waals surface area contributed by atoms with E-state index >= 15 is 0 Å². The Morgan fingerprint density at radius 2 is 1.60 bits per heavy atom. The Kier molecular flexibility index (Phi) is 8.36. The van der Waals surface area contributed by atoms with Gasteiger partial charge in [-0.15, -0.1) is 0 Å². The highest BCUT2D eigenvalue weighted by Crippen LogP contribution is 2.21. The van der Waals surface area contributed by atoms with E-state index in [1.165, 1.54) is 42.5 Å². The van der Waals surface area contributed by atoms with Crippen molar-refractivity contribution in [1.29, 1.82) is 0 Å². The van der Waals surface area contributed by atoms with Crippen LogP contribution in [0.15, 0.2) is 77.7 Å². The van der Waals surface area contributed by atoms with Crippen molar-refractivity contribution in [3.63, 3.8) is 0 Å². The minimum absolute atomic E-state index is 0.00133. The van der Waals surface area contributed by atoms with Gasteiger partial charge in [0.2, 0.25) is 15.9 Å². The van der Waals surface area contributed by atoms with Gasteiger partial charge >= 0.3 is 0 Å². The maximum Gasteiger partial charge on any atom is 0.261 e. The molecule has 0 radical (unpaired) electrons. The molecule has 186 valence electrons. The molecular weight excluding hydrogens is 517 g/mol. The van der Waals surface area contributed by atoms with E-state index in [-0.39, 0.29) is 30.2 Å². The van der Waals surface area contributed by atoms with Gasteiger partial charge in [-0.1, -0.05) is 17.7 Å². The highest BCUT2D eigenvalue weighted by Gasteiger charge is 2.18. The Balaban J connectivity index is 1.56. The van der Waals surface area contributed by atoms with Crippen molar-refractivity contribution in [2.24, 2.45) is 0 Å². The van der Waals surface area contributed by atoms with Gasteiger partial charge in [-0.05, 0) is 73.2 Å². The molecule has 3 rings (SSSR count). The molecule has 0 spiro atoms. The van der Waals surface area contributed by atoms with E-state index in [4.69, 9.17) is 11.6 Å². The van der Waals surface area contributed by atoms with Gasteiger partial charge in [-0.25, -0.2) is 21.2 Å². The topological polar surface area (TPSA) is 113 Å². The number of anilines is 3. The number of rotatable bonds is 10. The Bertz CT molecular complexity index is 1400. The first kappa shape index (κ1) is 26.5. The molecule has 3 aromatic rings. The van der Waals surface area contributed by atoms with Crippen molar-refractivity contribution in [3.05, 3.63) is 83.6 Å². The standard InChI is InChI=1S/C23H23ClFN3O5S2/c1-34(30,31)28(21-11-7-18(25)8-12-21)15-3-6-23(29)26-19-9-13-22(14-10-19)35(32,33)27-20-5-2-4-17(24)16-20/h2,4-5,7-14,16,27H,3,6,15H2,1H3,(H,26,29). The normalized spacial score (nSPS) is 11.6. The molecule has 0 aliphatic carbocycles. The second kappa shape index (κ2) is 11.1. The molecule has 0 aliphatic rings. The predicted octanol–water partition coefficient (Wildman–Crippen LogP) is 4.46. The van der Waals surface area contributed by atoms with Gasteiger partial charge in [0, 0.05) is 23.7 Å². The zero-order chi connectivity index (χ0) is 25.6. The van der Waals surface area contributed by atoms with Crippen LogP contribution in [-0.4, -0.2) is 35.5 Å². The number of nitrogens with zero attached hydrogens (tertiary/aromatic N) is 1. The van der Waals surface area contributed by atoms with E-state index in [9.17, 15) is 26.0 Å². The number of hydrogen-bond donors (Lipinski definition) is 2. The average molecular weight is 540 g/mol. The molecule has 12 heteroatoms. The Morgan fingerprint density at radius 1 is 0.943 bits per heavy atom. The Labute approximate surface area is 208 Å². The van der Waals surface area contributed by atoms with Crippen molar-refractivity contribution >= 4 is 54.6 Å². The van der Waals surface area contributed by atoms with Gasteiger partial charge in [0.25, 0.3) is 10.0 Å². The van der Waals surface area contributed by atoms with Crippen molar-refractivity contribution < 1.29 is 26.0 Å². The summed E-state index contributed by atoms with van der Waals surface area (Å²) in [6.07, 6.45) is 1.27. The monoisotopic (exact) mass is 539 g/mol. The van der Waals surface area contributed by atoms with Gasteiger partial charge < -0.3 is 5.32 Å².